The van der Waals surface area contributed by atoms with Crippen molar-refractivity contribution in [3.8, 4) is 0 Å². The summed E-state index contributed by atoms with van der Waals surface area (Å²) < 4.78 is 9.68. The lowest BCUT2D eigenvalue weighted by molar-refractivity contribution is -0.0384. The largest absolute Gasteiger partial charge is 0.401 e. The maximum atomic E-state index is 11.2. The molecule has 1 saturated heterocycles. The smallest absolute Gasteiger partial charge is 0.226 e. The van der Waals surface area contributed by atoms with Crippen LogP contribution in [0.2, 0.25) is 0 Å². The van der Waals surface area contributed by atoms with E-state index in [-0.39, 0.29) is 17.9 Å². The minimum Gasteiger partial charge on any atom is -0.401 e. The van der Waals surface area contributed by atoms with Gasteiger partial charge in [0, 0.05) is 76.4 Å². The molecule has 8 N–H and O–H groups in total. The summed E-state index contributed by atoms with van der Waals surface area (Å²) in [7, 11) is 3.81. The van der Waals surface area contributed by atoms with Gasteiger partial charge in [-0.05, 0) is 50.1 Å². The molecule has 0 radical (unpaired) electrons. The van der Waals surface area contributed by atoms with Crippen LogP contribution in [-0.2, 0) is 24.8 Å². The van der Waals surface area contributed by atoms with Crippen molar-refractivity contribution >= 4 is 34.7 Å². The number of nitrogens with two attached hydrogens (primary N) is 1. The molecule has 56 heavy (non-hydrogen) atoms. The number of hydrogen-bond donors (Lipinski definition) is 7. The lowest BCUT2D eigenvalue weighted by Gasteiger charge is -2.30. The normalized spacial score (nSPS) is 22.6. The van der Waals surface area contributed by atoms with Crippen molar-refractivity contribution in [3.63, 3.8) is 0 Å². The van der Waals surface area contributed by atoms with Crippen molar-refractivity contribution in [2.45, 2.75) is 88.6 Å². The van der Waals surface area contributed by atoms with Gasteiger partial charge in [-0.3, -0.25) is 4.57 Å². The van der Waals surface area contributed by atoms with E-state index in [1.807, 2.05) is 48.9 Å². The fourth-order valence-electron chi connectivity index (χ4n) is 6.79. The number of anilines is 4. The monoisotopic (exact) mass is 770 g/mol. The lowest BCUT2D eigenvalue weighted by Crippen LogP contribution is -2.33. The van der Waals surface area contributed by atoms with E-state index in [9.17, 15) is 10.2 Å². The first kappa shape index (κ1) is 38.3. The van der Waals surface area contributed by atoms with Crippen LogP contribution in [0.3, 0.4) is 0 Å². The van der Waals surface area contributed by atoms with Gasteiger partial charge in [0.1, 0.15) is 18.0 Å². The highest BCUT2D eigenvalue weighted by Gasteiger charge is 2.47. The third kappa shape index (κ3) is 8.95. The molecule has 4 atom stereocenters. The third-order valence-corrected chi connectivity index (χ3v) is 9.79. The van der Waals surface area contributed by atoms with E-state index < -0.39 is 24.5 Å². The summed E-state index contributed by atoms with van der Waals surface area (Å²) in [4.78, 5) is 31.0. The van der Waals surface area contributed by atoms with Gasteiger partial charge < -0.3 is 51.4 Å². The number of nitrogens with zero attached hydrogens (tertiary/aromatic N) is 13. The van der Waals surface area contributed by atoms with Crippen molar-refractivity contribution < 1.29 is 14.9 Å². The summed E-state index contributed by atoms with van der Waals surface area (Å²) in [5.41, 5.74) is 8.69. The van der Waals surface area contributed by atoms with E-state index in [0.29, 0.717) is 61.4 Å². The molecule has 1 aliphatic heterocycles. The zero-order valence-corrected chi connectivity index (χ0v) is 31.8. The van der Waals surface area contributed by atoms with E-state index in [1.165, 1.54) is 4.80 Å². The van der Waals surface area contributed by atoms with Crippen molar-refractivity contribution in [2.75, 3.05) is 41.4 Å². The Hall–Kier alpha value is -5.93. The third-order valence-electron chi connectivity index (χ3n) is 9.79. The first-order valence-electron chi connectivity index (χ1n) is 18.8. The van der Waals surface area contributed by atoms with Crippen LogP contribution in [0.25, 0.3) is 11.2 Å². The standard InChI is InChI=1S/C35H50N18O3/c1-5-50(3)17-21(36)11-14-37-34-38-16-13-25(44-34)42-22-7-9-23(10-8-22)43-30-26-32(46-35(45-30)39-15-12-24-18-51(4)19-40-24)52(20-41-26)33-28(55)27(54)29(56-33)31-47-49-53(6-2)48-31/h5,13,16-20,22-23,27-29,33,54-55H,1,6-12,14-15,36H2,2-4H3,(H2,37,38,42,44)(H2,39,43,45,46)/b21-17-/t22?,23?,27-,28+,29-,33+/m0/s1. The Morgan fingerprint density at radius 3 is 2.54 bits per heavy atom. The van der Waals surface area contributed by atoms with Crippen LogP contribution in [0.1, 0.15) is 62.9 Å². The number of aryl methyl sites for hydroxylation is 2. The fraction of sp³-hybridized carbons (Fsp3) is 0.514. The second kappa shape index (κ2) is 17.3. The molecule has 2 aliphatic rings. The van der Waals surface area contributed by atoms with Gasteiger partial charge in [0.05, 0.1) is 24.9 Å². The molecule has 5 aromatic heterocycles. The molecule has 1 aliphatic carbocycles. The Balaban J connectivity index is 1.02. The second-order valence-electron chi connectivity index (χ2n) is 14.0. The van der Waals surface area contributed by atoms with E-state index in [2.05, 4.69) is 63.2 Å². The Morgan fingerprint density at radius 2 is 1.80 bits per heavy atom. The number of aliphatic hydroxyl groups is 2. The number of imidazole rings is 2. The summed E-state index contributed by atoms with van der Waals surface area (Å²) in [5.74, 6) is 2.41. The quantitative estimate of drug-likeness (QED) is 0.0707. The van der Waals surface area contributed by atoms with Crippen LogP contribution in [0.4, 0.5) is 23.5 Å². The number of tetrazole rings is 1. The summed E-state index contributed by atoms with van der Waals surface area (Å²) in [5, 5.41) is 48.2. The lowest BCUT2D eigenvalue weighted by atomic mass is 9.91. The van der Waals surface area contributed by atoms with Crippen LogP contribution in [-0.4, -0.2) is 119 Å². The molecule has 0 spiro atoms. The summed E-state index contributed by atoms with van der Waals surface area (Å²) in [6.07, 6.45) is 10.8. The van der Waals surface area contributed by atoms with Crippen molar-refractivity contribution in [1.29, 1.82) is 0 Å². The average molecular weight is 771 g/mol. The molecule has 0 aromatic carbocycles. The molecule has 7 rings (SSSR count). The number of fused-ring (bicyclic) bond motifs is 1. The first-order valence-corrected chi connectivity index (χ1v) is 18.8. The van der Waals surface area contributed by atoms with Gasteiger partial charge in [-0.15, -0.1) is 10.2 Å². The number of rotatable bonds is 17. The molecule has 0 amide bonds. The Morgan fingerprint density at radius 1 is 1.02 bits per heavy atom. The molecular weight excluding hydrogens is 721 g/mol. The Bertz CT molecular complexity index is 2110. The van der Waals surface area contributed by atoms with Crippen LogP contribution in [0.5, 0.6) is 0 Å². The van der Waals surface area contributed by atoms with Crippen LogP contribution >= 0.6 is 0 Å². The highest BCUT2D eigenvalue weighted by molar-refractivity contribution is 5.84. The summed E-state index contributed by atoms with van der Waals surface area (Å²) >= 11 is 0. The highest BCUT2D eigenvalue weighted by Crippen LogP contribution is 2.39. The predicted molar refractivity (Wildman–Crippen MR) is 208 cm³/mol. The molecule has 6 heterocycles. The number of aliphatic hydroxyl groups excluding tert-OH is 2. The second-order valence-corrected chi connectivity index (χ2v) is 14.0. The Labute approximate surface area is 323 Å². The van der Waals surface area contributed by atoms with Gasteiger partial charge in [-0.1, -0.05) is 6.58 Å². The molecule has 21 heteroatoms. The zero-order valence-electron chi connectivity index (χ0n) is 31.8. The summed E-state index contributed by atoms with van der Waals surface area (Å²) in [6.45, 7) is 7.24. The molecule has 21 nitrogen and oxygen atoms in total. The maximum Gasteiger partial charge on any atom is 0.226 e. The highest BCUT2D eigenvalue weighted by atomic mass is 16.6. The van der Waals surface area contributed by atoms with E-state index in [4.69, 9.17) is 20.4 Å². The van der Waals surface area contributed by atoms with Gasteiger partial charge in [-0.25, -0.2) is 15.0 Å². The minimum absolute atomic E-state index is 0.116. The molecule has 0 unspecified atom stereocenters. The molecule has 5 aromatic rings. The number of hydrogen-bond acceptors (Lipinski definition) is 18. The van der Waals surface area contributed by atoms with Gasteiger partial charge in [-0.2, -0.15) is 19.7 Å². The summed E-state index contributed by atoms with van der Waals surface area (Å²) in [6, 6.07) is 2.22. The number of aromatic nitrogens is 12. The SMILES string of the molecule is C=CN(C)/C=C(\N)CCNc1nccc(NC2CCC(Nc3nc(NCCc4cn(C)cn4)nc4c3ncn4[C@@H]3O[C@H](c4nnn(CC)n4)[C@@H](O)[C@H]3O)CC2)n1. The van der Waals surface area contributed by atoms with Gasteiger partial charge in [0.2, 0.25) is 17.7 Å². The Kier molecular flexibility index (Phi) is 11.8. The van der Waals surface area contributed by atoms with Crippen LogP contribution in [0.15, 0.2) is 55.8 Å². The first-order chi connectivity index (χ1) is 27.2. The average Bonchev–Trinajstić information content (AvgIpc) is 4.00. The molecule has 2 fully saturated rings. The van der Waals surface area contributed by atoms with Crippen LogP contribution < -0.4 is 27.0 Å². The molecule has 1 saturated carbocycles. The van der Waals surface area contributed by atoms with Crippen molar-refractivity contribution in [1.82, 2.24) is 64.1 Å². The van der Waals surface area contributed by atoms with E-state index >= 15 is 0 Å². The van der Waals surface area contributed by atoms with Crippen molar-refractivity contribution in [3.05, 3.63) is 67.3 Å². The minimum atomic E-state index is -1.31. The van der Waals surface area contributed by atoms with E-state index in [1.54, 1.807) is 29.6 Å². The van der Waals surface area contributed by atoms with Crippen molar-refractivity contribution in [2.24, 2.45) is 12.8 Å². The van der Waals surface area contributed by atoms with Gasteiger partial charge in [0.25, 0.3) is 0 Å². The van der Waals surface area contributed by atoms with E-state index in [0.717, 1.165) is 42.9 Å². The molecule has 0 bridgehead atoms. The number of ether oxygens (including phenoxy) is 1. The van der Waals surface area contributed by atoms with Crippen LogP contribution in [0, 0.1) is 0 Å². The maximum absolute atomic E-state index is 11.2. The topological polar surface area (TPSA) is 258 Å². The molecule has 298 valence electrons. The predicted octanol–water partition coefficient (Wildman–Crippen LogP) is 1.52. The zero-order chi connectivity index (χ0) is 39.2. The number of nitrogens with one attached hydrogen (secondary N) is 4. The molecular formula is C35H50N18O3. The van der Waals surface area contributed by atoms with Gasteiger partial charge in [0.15, 0.2) is 29.3 Å². The van der Waals surface area contributed by atoms with Gasteiger partial charge >= 0.3 is 0 Å². The fourth-order valence-corrected chi connectivity index (χ4v) is 6.79.